The highest BCUT2D eigenvalue weighted by molar-refractivity contribution is 6.45. The fourth-order valence-corrected chi connectivity index (χ4v) is 3.94. The second kappa shape index (κ2) is 8.22. The molecular formula is C23H23N3O5. The average Bonchev–Trinajstić information content (AvgIpc) is 3.34. The fourth-order valence-electron chi connectivity index (χ4n) is 3.94. The molecule has 2 aromatic rings. The van der Waals surface area contributed by atoms with E-state index in [1.165, 1.54) is 29.2 Å². The number of benzene rings is 2. The second-order valence-electron chi connectivity index (χ2n) is 7.83. The Morgan fingerprint density at radius 2 is 1.55 bits per heavy atom. The molecule has 0 atom stereocenters. The number of nitro groups is 1. The Morgan fingerprint density at radius 1 is 0.935 bits per heavy atom. The third-order valence-electron chi connectivity index (χ3n) is 5.32. The summed E-state index contributed by atoms with van der Waals surface area (Å²) in [5, 5.41) is 11.0. The summed E-state index contributed by atoms with van der Waals surface area (Å²) < 4.78 is 5.65. The summed E-state index contributed by atoms with van der Waals surface area (Å²) in [5.74, 6) is -0.155. The number of hydrogen-bond acceptors (Lipinski definition) is 6. The zero-order valence-corrected chi connectivity index (χ0v) is 17.4. The van der Waals surface area contributed by atoms with E-state index in [1.54, 1.807) is 24.3 Å². The van der Waals surface area contributed by atoms with Gasteiger partial charge in [-0.25, -0.2) is 4.90 Å². The van der Waals surface area contributed by atoms with Gasteiger partial charge in [-0.15, -0.1) is 0 Å². The molecule has 0 saturated carbocycles. The van der Waals surface area contributed by atoms with Gasteiger partial charge in [0.1, 0.15) is 11.4 Å². The standard InChI is InChI=1S/C23H23N3O5/c1-15(2)31-19-11-9-17(10-12-19)25-22(27)20(16-5-7-18(8-6-16)26(29)30)21(23(25)28)24-13-3-4-14-24/h5-12,15H,3-4,13-14H2,1-2H3. The van der Waals surface area contributed by atoms with Crippen LogP contribution in [0.3, 0.4) is 0 Å². The van der Waals surface area contributed by atoms with Gasteiger partial charge in [-0.05, 0) is 68.7 Å². The van der Waals surface area contributed by atoms with E-state index >= 15 is 0 Å². The van der Waals surface area contributed by atoms with Crippen LogP contribution in [0.4, 0.5) is 11.4 Å². The van der Waals surface area contributed by atoms with Crippen molar-refractivity contribution in [2.24, 2.45) is 0 Å². The molecule has 0 N–H and O–H groups in total. The van der Waals surface area contributed by atoms with Crippen LogP contribution in [0.15, 0.2) is 54.2 Å². The second-order valence-corrected chi connectivity index (χ2v) is 7.83. The predicted octanol–water partition coefficient (Wildman–Crippen LogP) is 3.76. The van der Waals surface area contributed by atoms with Crippen molar-refractivity contribution in [1.82, 2.24) is 4.90 Å². The highest BCUT2D eigenvalue weighted by Crippen LogP contribution is 2.37. The molecule has 0 spiro atoms. The molecule has 0 aromatic heterocycles. The normalized spacial score (nSPS) is 16.6. The molecule has 8 nitrogen and oxygen atoms in total. The van der Waals surface area contributed by atoms with Gasteiger partial charge in [0.2, 0.25) is 0 Å². The van der Waals surface area contributed by atoms with Gasteiger partial charge >= 0.3 is 0 Å². The minimum absolute atomic E-state index is 0.0121. The van der Waals surface area contributed by atoms with Crippen molar-refractivity contribution >= 4 is 28.8 Å². The molecule has 0 bridgehead atoms. The van der Waals surface area contributed by atoms with Crippen molar-refractivity contribution in [3.05, 3.63) is 69.9 Å². The third kappa shape index (κ3) is 3.88. The summed E-state index contributed by atoms with van der Waals surface area (Å²) in [4.78, 5) is 40.4. The number of non-ortho nitro benzene ring substituents is 1. The van der Waals surface area contributed by atoms with Crippen LogP contribution >= 0.6 is 0 Å². The van der Waals surface area contributed by atoms with E-state index < -0.39 is 10.8 Å². The van der Waals surface area contributed by atoms with Gasteiger partial charge in [0.25, 0.3) is 17.5 Å². The van der Waals surface area contributed by atoms with Crippen LogP contribution < -0.4 is 9.64 Å². The molecule has 2 heterocycles. The van der Waals surface area contributed by atoms with Crippen LogP contribution in [-0.4, -0.2) is 40.8 Å². The number of likely N-dealkylation sites (tertiary alicyclic amines) is 1. The summed E-state index contributed by atoms with van der Waals surface area (Å²) in [7, 11) is 0. The molecule has 160 valence electrons. The number of amides is 2. The monoisotopic (exact) mass is 421 g/mol. The molecule has 0 unspecified atom stereocenters. The predicted molar refractivity (Wildman–Crippen MR) is 116 cm³/mol. The number of ether oxygens (including phenoxy) is 1. The zero-order valence-electron chi connectivity index (χ0n) is 17.4. The number of rotatable bonds is 6. The minimum atomic E-state index is -0.492. The van der Waals surface area contributed by atoms with Gasteiger partial charge in [-0.1, -0.05) is 0 Å². The highest BCUT2D eigenvalue weighted by atomic mass is 16.6. The molecule has 0 aliphatic carbocycles. The molecule has 0 radical (unpaired) electrons. The van der Waals surface area contributed by atoms with Gasteiger partial charge < -0.3 is 9.64 Å². The molecule has 1 saturated heterocycles. The smallest absolute Gasteiger partial charge is 0.282 e. The van der Waals surface area contributed by atoms with Crippen molar-refractivity contribution in [3.63, 3.8) is 0 Å². The molecule has 4 rings (SSSR count). The Hall–Kier alpha value is -3.68. The first-order chi connectivity index (χ1) is 14.9. The largest absolute Gasteiger partial charge is 0.491 e. The van der Waals surface area contributed by atoms with Crippen molar-refractivity contribution in [2.45, 2.75) is 32.8 Å². The lowest BCUT2D eigenvalue weighted by Gasteiger charge is -2.20. The van der Waals surface area contributed by atoms with Crippen LogP contribution in [-0.2, 0) is 9.59 Å². The zero-order chi connectivity index (χ0) is 22.1. The Kier molecular flexibility index (Phi) is 5.46. The lowest BCUT2D eigenvalue weighted by atomic mass is 10.0. The molecule has 31 heavy (non-hydrogen) atoms. The lowest BCUT2D eigenvalue weighted by molar-refractivity contribution is -0.384. The van der Waals surface area contributed by atoms with Gasteiger partial charge in [0.15, 0.2) is 0 Å². The summed E-state index contributed by atoms with van der Waals surface area (Å²) >= 11 is 0. The maximum atomic E-state index is 13.4. The fraction of sp³-hybridized carbons (Fsp3) is 0.304. The minimum Gasteiger partial charge on any atom is -0.491 e. The molecule has 8 heteroatoms. The summed E-state index contributed by atoms with van der Waals surface area (Å²) in [6, 6.07) is 12.6. The molecule has 1 fully saturated rings. The molecule has 2 amide bonds. The summed E-state index contributed by atoms with van der Waals surface area (Å²) in [6.07, 6.45) is 1.90. The van der Waals surface area contributed by atoms with E-state index in [0.29, 0.717) is 35.8 Å². The Balaban J connectivity index is 1.73. The molecular weight excluding hydrogens is 398 g/mol. The van der Waals surface area contributed by atoms with Crippen LogP contribution in [0, 0.1) is 10.1 Å². The highest BCUT2D eigenvalue weighted by Gasteiger charge is 2.43. The number of imide groups is 1. The van der Waals surface area contributed by atoms with Gasteiger partial charge in [0, 0.05) is 25.2 Å². The van der Waals surface area contributed by atoms with Gasteiger partial charge in [-0.2, -0.15) is 0 Å². The molecule has 2 aromatic carbocycles. The maximum Gasteiger partial charge on any atom is 0.282 e. The van der Waals surface area contributed by atoms with Crippen LogP contribution in [0.5, 0.6) is 5.75 Å². The SMILES string of the molecule is CC(C)Oc1ccc(N2C(=O)C(c3ccc([N+](=O)[O-])cc3)=C(N3CCCC3)C2=O)cc1. The van der Waals surface area contributed by atoms with E-state index in [9.17, 15) is 19.7 Å². The Labute approximate surface area is 179 Å². The third-order valence-corrected chi connectivity index (χ3v) is 5.32. The van der Waals surface area contributed by atoms with Crippen LogP contribution in [0.2, 0.25) is 0 Å². The van der Waals surface area contributed by atoms with Crippen molar-refractivity contribution < 1.29 is 19.2 Å². The quantitative estimate of drug-likeness (QED) is 0.401. The van der Waals surface area contributed by atoms with E-state index in [0.717, 1.165) is 12.8 Å². The van der Waals surface area contributed by atoms with Crippen molar-refractivity contribution in [3.8, 4) is 5.75 Å². The first-order valence-electron chi connectivity index (χ1n) is 10.3. The van der Waals surface area contributed by atoms with Gasteiger partial charge in [-0.3, -0.25) is 19.7 Å². The summed E-state index contributed by atoms with van der Waals surface area (Å²) in [6.45, 7) is 5.23. The van der Waals surface area contributed by atoms with E-state index in [1.807, 2.05) is 18.7 Å². The number of anilines is 1. The summed E-state index contributed by atoms with van der Waals surface area (Å²) in [5.41, 5.74) is 1.53. The number of nitro benzene ring substituents is 1. The van der Waals surface area contributed by atoms with E-state index in [2.05, 4.69) is 0 Å². The Morgan fingerprint density at radius 3 is 2.10 bits per heavy atom. The number of nitrogens with zero attached hydrogens (tertiary/aromatic N) is 3. The number of hydrogen-bond donors (Lipinski definition) is 0. The van der Waals surface area contributed by atoms with Crippen molar-refractivity contribution in [1.29, 1.82) is 0 Å². The van der Waals surface area contributed by atoms with Crippen LogP contribution in [0.1, 0.15) is 32.3 Å². The number of carbonyl (C=O) groups is 2. The lowest BCUT2D eigenvalue weighted by Crippen LogP contribution is -2.34. The van der Waals surface area contributed by atoms with E-state index in [4.69, 9.17) is 4.74 Å². The average molecular weight is 421 g/mol. The maximum absolute atomic E-state index is 13.4. The van der Waals surface area contributed by atoms with Crippen molar-refractivity contribution in [2.75, 3.05) is 18.0 Å². The van der Waals surface area contributed by atoms with E-state index in [-0.39, 0.29) is 23.3 Å². The molecule has 2 aliphatic rings. The first-order valence-corrected chi connectivity index (χ1v) is 10.3. The Bertz CT molecular complexity index is 1050. The van der Waals surface area contributed by atoms with Gasteiger partial charge in [0.05, 0.1) is 22.3 Å². The topological polar surface area (TPSA) is 93.0 Å². The molecule has 2 aliphatic heterocycles. The van der Waals surface area contributed by atoms with Crippen LogP contribution in [0.25, 0.3) is 5.57 Å². The number of carbonyl (C=O) groups excluding carboxylic acids is 2. The first kappa shape index (κ1) is 20.6.